The smallest absolute Gasteiger partial charge is 0.292 e. The normalized spacial score (nSPS) is 13.1. The Labute approximate surface area is 147 Å². The maximum Gasteiger partial charge on any atom is 0.431 e. The van der Waals surface area contributed by atoms with Gasteiger partial charge in [-0.1, -0.05) is 31.9 Å². The molecule has 8 heteroatoms. The number of halogens is 4. The third-order valence-electron chi connectivity index (χ3n) is 4.16. The molecule has 1 aromatic heterocycles. The highest BCUT2D eigenvalue weighted by atomic mass is 35.5. The minimum Gasteiger partial charge on any atom is -0.292 e. The minimum absolute atomic E-state index is 0.196. The molecule has 136 valence electrons. The number of alkyl halides is 3. The largest absolute Gasteiger partial charge is 0.431 e. The molecule has 1 atom stereocenters. The first-order valence-electron chi connectivity index (χ1n) is 7.75. The Morgan fingerprint density at radius 3 is 2.40 bits per heavy atom. The molecule has 1 unspecified atom stereocenters. The highest BCUT2D eigenvalue weighted by Gasteiger charge is 2.35. The van der Waals surface area contributed by atoms with Crippen molar-refractivity contribution in [2.45, 2.75) is 32.9 Å². The van der Waals surface area contributed by atoms with E-state index in [1.165, 1.54) is 12.1 Å². The maximum absolute atomic E-state index is 12.9. The van der Waals surface area contributed by atoms with Gasteiger partial charge in [-0.3, -0.25) is 9.36 Å². The van der Waals surface area contributed by atoms with Crippen molar-refractivity contribution in [1.29, 1.82) is 0 Å². The van der Waals surface area contributed by atoms with Gasteiger partial charge in [0.05, 0.1) is 5.69 Å². The van der Waals surface area contributed by atoms with E-state index in [9.17, 15) is 22.8 Å². The van der Waals surface area contributed by atoms with E-state index in [0.717, 1.165) is 19.0 Å². The van der Waals surface area contributed by atoms with Crippen molar-refractivity contribution >= 4 is 11.6 Å². The van der Waals surface area contributed by atoms with Gasteiger partial charge in [0.25, 0.3) is 5.56 Å². The summed E-state index contributed by atoms with van der Waals surface area (Å²) >= 11 is 6.16. The lowest BCUT2D eigenvalue weighted by Gasteiger charge is -2.15. The molecule has 0 aliphatic rings. The highest BCUT2D eigenvalue weighted by Crippen LogP contribution is 2.27. The zero-order valence-corrected chi connectivity index (χ0v) is 14.8. The first-order valence-corrected chi connectivity index (χ1v) is 8.13. The van der Waals surface area contributed by atoms with Gasteiger partial charge in [-0.15, -0.1) is 0 Å². The van der Waals surface area contributed by atoms with Crippen LogP contribution in [0.25, 0.3) is 5.69 Å². The van der Waals surface area contributed by atoms with E-state index in [1.807, 2.05) is 13.8 Å². The summed E-state index contributed by atoms with van der Waals surface area (Å²) in [6, 6.07) is 4.98. The SMILES string of the molecule is CCC(C)Cc1cc(-n2c(=O)cc(C(F)(F)F)n(C)c2=O)ccc1Cl. The van der Waals surface area contributed by atoms with E-state index in [1.54, 1.807) is 6.07 Å². The molecule has 2 rings (SSSR count). The molecule has 0 amide bonds. The third kappa shape index (κ3) is 3.98. The van der Waals surface area contributed by atoms with Crippen molar-refractivity contribution in [3.63, 3.8) is 0 Å². The van der Waals surface area contributed by atoms with Crippen LogP contribution in [0.1, 0.15) is 31.5 Å². The first-order chi connectivity index (χ1) is 11.6. The van der Waals surface area contributed by atoms with Crippen LogP contribution < -0.4 is 11.2 Å². The molecule has 0 spiro atoms. The number of hydrogen-bond acceptors (Lipinski definition) is 2. The second kappa shape index (κ2) is 7.07. The number of benzene rings is 1. The van der Waals surface area contributed by atoms with Gasteiger partial charge in [-0.05, 0) is 36.1 Å². The summed E-state index contributed by atoms with van der Waals surface area (Å²) in [6.45, 7) is 4.06. The van der Waals surface area contributed by atoms with Crippen molar-refractivity contribution in [3.8, 4) is 5.69 Å². The topological polar surface area (TPSA) is 44.0 Å². The molecule has 0 saturated carbocycles. The molecule has 0 fully saturated rings. The molecular formula is C17H18ClF3N2O2. The molecule has 4 nitrogen and oxygen atoms in total. The fourth-order valence-corrected chi connectivity index (χ4v) is 2.71. The molecular weight excluding hydrogens is 357 g/mol. The molecule has 0 saturated heterocycles. The predicted molar refractivity (Wildman–Crippen MR) is 90.5 cm³/mol. The maximum atomic E-state index is 12.9. The van der Waals surface area contributed by atoms with E-state index in [0.29, 0.717) is 32.6 Å². The number of aromatic nitrogens is 2. The molecule has 0 bridgehead atoms. The van der Waals surface area contributed by atoms with Crippen molar-refractivity contribution in [3.05, 3.63) is 61.4 Å². The summed E-state index contributed by atoms with van der Waals surface area (Å²) < 4.78 is 39.9. The summed E-state index contributed by atoms with van der Waals surface area (Å²) in [5.74, 6) is 0.333. The Hall–Kier alpha value is -2.02. The van der Waals surface area contributed by atoms with Crippen LogP contribution >= 0.6 is 11.6 Å². The van der Waals surface area contributed by atoms with Gasteiger partial charge in [0.15, 0.2) is 0 Å². The van der Waals surface area contributed by atoms with E-state index >= 15 is 0 Å². The predicted octanol–water partition coefficient (Wildman–Crippen LogP) is 3.80. The van der Waals surface area contributed by atoms with Crippen LogP contribution in [-0.2, 0) is 19.6 Å². The van der Waals surface area contributed by atoms with Gasteiger partial charge in [-0.2, -0.15) is 13.2 Å². The van der Waals surface area contributed by atoms with Crippen LogP contribution in [0.4, 0.5) is 13.2 Å². The molecule has 25 heavy (non-hydrogen) atoms. The van der Waals surface area contributed by atoms with Gasteiger partial charge in [0.1, 0.15) is 5.69 Å². The monoisotopic (exact) mass is 374 g/mol. The molecule has 0 N–H and O–H groups in total. The standard InChI is InChI=1S/C17H18ClF3N2O2/c1-4-10(2)7-11-8-12(5-6-13(11)18)23-15(24)9-14(17(19,20)21)22(3)16(23)25/h5-6,8-10H,4,7H2,1-3H3. The van der Waals surface area contributed by atoms with Crippen LogP contribution in [0.5, 0.6) is 0 Å². The van der Waals surface area contributed by atoms with Crippen molar-refractivity contribution in [1.82, 2.24) is 9.13 Å². The van der Waals surface area contributed by atoms with Crippen molar-refractivity contribution in [2.75, 3.05) is 0 Å². The molecule has 0 radical (unpaired) electrons. The fraction of sp³-hybridized carbons (Fsp3) is 0.412. The average Bonchev–Trinajstić information content (AvgIpc) is 2.52. The molecule has 0 aliphatic carbocycles. The van der Waals surface area contributed by atoms with E-state index in [4.69, 9.17) is 11.6 Å². The van der Waals surface area contributed by atoms with Crippen LogP contribution in [-0.4, -0.2) is 9.13 Å². The van der Waals surface area contributed by atoms with Gasteiger partial charge in [0, 0.05) is 18.1 Å². The first kappa shape index (κ1) is 19.3. The Balaban J connectivity index is 2.64. The summed E-state index contributed by atoms with van der Waals surface area (Å²) in [5.41, 5.74) is -2.44. The van der Waals surface area contributed by atoms with E-state index < -0.39 is 23.1 Å². The molecule has 1 aromatic carbocycles. The van der Waals surface area contributed by atoms with Crippen molar-refractivity contribution < 1.29 is 13.2 Å². The second-order valence-electron chi connectivity index (χ2n) is 6.04. The molecule has 0 aliphatic heterocycles. The zero-order chi connectivity index (χ0) is 18.9. The Bertz CT molecular complexity index is 900. The summed E-state index contributed by atoms with van der Waals surface area (Å²) in [5, 5.41) is 0.487. The summed E-state index contributed by atoms with van der Waals surface area (Å²) in [6.07, 6.45) is -3.23. The fourth-order valence-electron chi connectivity index (χ4n) is 2.51. The van der Waals surface area contributed by atoms with Crippen molar-refractivity contribution in [2.24, 2.45) is 13.0 Å². The van der Waals surface area contributed by atoms with Crippen LogP contribution in [0.2, 0.25) is 5.02 Å². The molecule has 2 aromatic rings. The lowest BCUT2D eigenvalue weighted by molar-refractivity contribution is -0.144. The highest BCUT2D eigenvalue weighted by molar-refractivity contribution is 6.31. The number of rotatable bonds is 4. The summed E-state index contributed by atoms with van der Waals surface area (Å²) in [4.78, 5) is 24.5. The van der Waals surface area contributed by atoms with E-state index in [2.05, 4.69) is 0 Å². The summed E-state index contributed by atoms with van der Waals surface area (Å²) in [7, 11) is 0.983. The average molecular weight is 375 g/mol. The number of nitrogens with zero attached hydrogens (tertiary/aromatic N) is 2. The Morgan fingerprint density at radius 2 is 1.84 bits per heavy atom. The van der Waals surface area contributed by atoms with Gasteiger partial charge < -0.3 is 0 Å². The minimum atomic E-state index is -4.78. The Morgan fingerprint density at radius 1 is 1.20 bits per heavy atom. The van der Waals surface area contributed by atoms with Gasteiger partial charge in [0.2, 0.25) is 0 Å². The zero-order valence-electron chi connectivity index (χ0n) is 14.0. The lowest BCUT2D eigenvalue weighted by atomic mass is 9.98. The third-order valence-corrected chi connectivity index (χ3v) is 4.53. The Kier molecular flexibility index (Phi) is 5.46. The number of hydrogen-bond donors (Lipinski definition) is 0. The molecule has 1 heterocycles. The second-order valence-corrected chi connectivity index (χ2v) is 6.44. The lowest BCUT2D eigenvalue weighted by Crippen LogP contribution is -2.40. The van der Waals surface area contributed by atoms with Crippen LogP contribution in [0.15, 0.2) is 33.9 Å². The van der Waals surface area contributed by atoms with Gasteiger partial charge in [-0.25, -0.2) is 9.36 Å². The van der Waals surface area contributed by atoms with Crippen LogP contribution in [0.3, 0.4) is 0 Å². The van der Waals surface area contributed by atoms with E-state index in [-0.39, 0.29) is 5.69 Å². The van der Waals surface area contributed by atoms with Gasteiger partial charge >= 0.3 is 11.9 Å². The quantitative estimate of drug-likeness (QED) is 0.817. The van der Waals surface area contributed by atoms with Crippen LogP contribution in [0, 0.1) is 5.92 Å².